The van der Waals surface area contributed by atoms with E-state index >= 15 is 0 Å². The van der Waals surface area contributed by atoms with E-state index in [1.807, 2.05) is 26.8 Å². The number of anilines is 2. The monoisotopic (exact) mass is 362 g/mol. The van der Waals surface area contributed by atoms with Crippen LogP contribution in [0.15, 0.2) is 41.3 Å². The SMILES string of the molecule is CCOc1ccc(S(=O)(=O)Nc2ccc(C)c(C)c2)cc1NC(C)=O. The number of hydrogen-bond acceptors (Lipinski definition) is 4. The molecule has 0 unspecified atom stereocenters. The minimum absolute atomic E-state index is 0.0398. The molecule has 2 aromatic rings. The Labute approximate surface area is 148 Å². The molecule has 0 heterocycles. The van der Waals surface area contributed by atoms with Crippen LogP contribution in [0.1, 0.15) is 25.0 Å². The third-order valence-electron chi connectivity index (χ3n) is 3.63. The number of carbonyl (C=O) groups is 1. The van der Waals surface area contributed by atoms with E-state index in [0.717, 1.165) is 11.1 Å². The minimum Gasteiger partial charge on any atom is -0.492 e. The maximum Gasteiger partial charge on any atom is 0.261 e. The third kappa shape index (κ3) is 4.73. The molecule has 0 spiro atoms. The Morgan fingerprint density at radius 2 is 1.80 bits per heavy atom. The second-order valence-electron chi connectivity index (χ2n) is 5.68. The molecular weight excluding hydrogens is 340 g/mol. The fourth-order valence-electron chi connectivity index (χ4n) is 2.26. The molecule has 0 aliphatic carbocycles. The number of nitrogens with one attached hydrogen (secondary N) is 2. The molecule has 2 N–H and O–H groups in total. The second-order valence-corrected chi connectivity index (χ2v) is 7.36. The summed E-state index contributed by atoms with van der Waals surface area (Å²) in [6.45, 7) is 7.44. The van der Waals surface area contributed by atoms with Gasteiger partial charge in [-0.15, -0.1) is 0 Å². The van der Waals surface area contributed by atoms with Gasteiger partial charge in [0.1, 0.15) is 5.75 Å². The van der Waals surface area contributed by atoms with Gasteiger partial charge in [-0.25, -0.2) is 8.42 Å². The van der Waals surface area contributed by atoms with Crippen LogP contribution in [0.25, 0.3) is 0 Å². The van der Waals surface area contributed by atoms with Gasteiger partial charge in [0.25, 0.3) is 10.0 Å². The van der Waals surface area contributed by atoms with E-state index in [-0.39, 0.29) is 10.8 Å². The predicted octanol–water partition coefficient (Wildman–Crippen LogP) is 3.46. The maximum absolute atomic E-state index is 12.6. The number of benzene rings is 2. The number of hydrogen-bond donors (Lipinski definition) is 2. The van der Waals surface area contributed by atoms with Crippen molar-refractivity contribution in [1.82, 2.24) is 0 Å². The summed E-state index contributed by atoms with van der Waals surface area (Å²) in [6.07, 6.45) is 0. The lowest BCUT2D eigenvalue weighted by molar-refractivity contribution is -0.114. The Morgan fingerprint density at radius 3 is 2.40 bits per heavy atom. The summed E-state index contributed by atoms with van der Waals surface area (Å²) in [7, 11) is -3.79. The topological polar surface area (TPSA) is 84.5 Å². The number of ether oxygens (including phenoxy) is 1. The van der Waals surface area contributed by atoms with Gasteiger partial charge in [0.15, 0.2) is 0 Å². The van der Waals surface area contributed by atoms with Crippen molar-refractivity contribution in [2.45, 2.75) is 32.6 Å². The molecule has 0 bridgehead atoms. The molecule has 7 heteroatoms. The van der Waals surface area contributed by atoms with Crippen molar-refractivity contribution in [3.05, 3.63) is 47.5 Å². The van der Waals surface area contributed by atoms with Crippen LogP contribution >= 0.6 is 0 Å². The summed E-state index contributed by atoms with van der Waals surface area (Å²) in [4.78, 5) is 11.4. The lowest BCUT2D eigenvalue weighted by Crippen LogP contribution is -2.14. The fraction of sp³-hybridized carbons (Fsp3) is 0.278. The van der Waals surface area contributed by atoms with Gasteiger partial charge < -0.3 is 10.1 Å². The van der Waals surface area contributed by atoms with Crippen molar-refractivity contribution in [2.24, 2.45) is 0 Å². The van der Waals surface area contributed by atoms with Crippen LogP contribution in [0.5, 0.6) is 5.75 Å². The zero-order chi connectivity index (χ0) is 18.6. The van der Waals surface area contributed by atoms with Gasteiger partial charge in [-0.1, -0.05) is 6.07 Å². The number of aryl methyl sites for hydroxylation is 2. The quantitative estimate of drug-likeness (QED) is 0.824. The number of rotatable bonds is 6. The Balaban J connectivity index is 2.37. The first-order valence-corrected chi connectivity index (χ1v) is 9.35. The highest BCUT2D eigenvalue weighted by molar-refractivity contribution is 7.92. The zero-order valence-electron chi connectivity index (χ0n) is 14.7. The first-order chi connectivity index (χ1) is 11.7. The van der Waals surface area contributed by atoms with Gasteiger partial charge in [-0.3, -0.25) is 9.52 Å². The molecule has 134 valence electrons. The molecule has 0 aromatic heterocycles. The summed E-state index contributed by atoms with van der Waals surface area (Å²) in [5, 5.41) is 2.59. The van der Waals surface area contributed by atoms with Gasteiger partial charge in [0, 0.05) is 12.6 Å². The maximum atomic E-state index is 12.6. The number of amides is 1. The lowest BCUT2D eigenvalue weighted by atomic mass is 10.1. The van der Waals surface area contributed by atoms with Crippen LogP contribution in [0, 0.1) is 13.8 Å². The Bertz CT molecular complexity index is 892. The Kier molecular flexibility index (Phi) is 5.69. The molecular formula is C18H22N2O4S. The molecule has 0 saturated carbocycles. The smallest absolute Gasteiger partial charge is 0.261 e. The lowest BCUT2D eigenvalue weighted by Gasteiger charge is -2.14. The molecule has 1 amide bonds. The van der Waals surface area contributed by atoms with Crippen molar-refractivity contribution >= 4 is 27.3 Å². The Morgan fingerprint density at radius 1 is 1.08 bits per heavy atom. The van der Waals surface area contributed by atoms with Crippen LogP contribution in [0.4, 0.5) is 11.4 Å². The van der Waals surface area contributed by atoms with Crippen molar-refractivity contribution < 1.29 is 17.9 Å². The van der Waals surface area contributed by atoms with Crippen molar-refractivity contribution in [3.63, 3.8) is 0 Å². The Hall–Kier alpha value is -2.54. The summed E-state index contributed by atoms with van der Waals surface area (Å²) < 4.78 is 33.3. The number of carbonyl (C=O) groups excluding carboxylic acids is 1. The zero-order valence-corrected chi connectivity index (χ0v) is 15.5. The molecule has 25 heavy (non-hydrogen) atoms. The average Bonchev–Trinajstić information content (AvgIpc) is 2.52. The highest BCUT2D eigenvalue weighted by Crippen LogP contribution is 2.29. The predicted molar refractivity (Wildman–Crippen MR) is 98.6 cm³/mol. The second kappa shape index (κ2) is 7.57. The van der Waals surface area contributed by atoms with E-state index in [9.17, 15) is 13.2 Å². The first-order valence-electron chi connectivity index (χ1n) is 7.87. The van der Waals surface area contributed by atoms with Crippen LogP contribution in [-0.2, 0) is 14.8 Å². The highest BCUT2D eigenvalue weighted by atomic mass is 32.2. The fourth-order valence-corrected chi connectivity index (χ4v) is 3.34. The first kappa shape index (κ1) is 18.8. The van der Waals surface area contributed by atoms with Crippen molar-refractivity contribution in [1.29, 1.82) is 0 Å². The molecule has 2 rings (SSSR count). The van der Waals surface area contributed by atoms with Crippen LogP contribution in [0.3, 0.4) is 0 Å². The van der Waals surface area contributed by atoms with Crippen molar-refractivity contribution in [2.75, 3.05) is 16.6 Å². The molecule has 0 aliphatic rings. The number of sulfonamides is 1. The third-order valence-corrected chi connectivity index (χ3v) is 5.01. The molecule has 0 fully saturated rings. The van der Waals surface area contributed by atoms with Gasteiger partial charge in [0.2, 0.25) is 5.91 Å². The summed E-state index contributed by atoms with van der Waals surface area (Å²) >= 11 is 0. The average molecular weight is 362 g/mol. The van der Waals surface area contributed by atoms with E-state index in [4.69, 9.17) is 4.74 Å². The molecule has 0 atom stereocenters. The van der Waals surface area contributed by atoms with Gasteiger partial charge in [0.05, 0.1) is 17.2 Å². The summed E-state index contributed by atoms with van der Waals surface area (Å²) in [5.74, 6) is 0.112. The highest BCUT2D eigenvalue weighted by Gasteiger charge is 2.17. The van der Waals surface area contributed by atoms with E-state index < -0.39 is 10.0 Å². The molecule has 6 nitrogen and oxygen atoms in total. The summed E-state index contributed by atoms with van der Waals surface area (Å²) in [5.41, 5.74) is 2.87. The van der Waals surface area contributed by atoms with Gasteiger partial charge in [-0.05, 0) is 62.2 Å². The van der Waals surface area contributed by atoms with Gasteiger partial charge >= 0.3 is 0 Å². The van der Waals surface area contributed by atoms with E-state index in [0.29, 0.717) is 23.7 Å². The van der Waals surface area contributed by atoms with E-state index in [1.165, 1.54) is 25.1 Å². The standard InChI is InChI=1S/C18H22N2O4S/c1-5-24-18-9-8-16(11-17(18)19-14(4)21)25(22,23)20-15-7-6-12(2)13(3)10-15/h6-11,20H,5H2,1-4H3,(H,19,21). The molecule has 0 saturated heterocycles. The van der Waals surface area contributed by atoms with Crippen molar-refractivity contribution in [3.8, 4) is 5.75 Å². The van der Waals surface area contributed by atoms with Crippen LogP contribution in [-0.4, -0.2) is 20.9 Å². The summed E-state index contributed by atoms with van der Waals surface area (Å²) in [6, 6.07) is 9.70. The molecule has 0 aliphatic heterocycles. The minimum atomic E-state index is -3.79. The normalized spacial score (nSPS) is 11.0. The molecule has 0 radical (unpaired) electrons. The largest absolute Gasteiger partial charge is 0.492 e. The van der Waals surface area contributed by atoms with Gasteiger partial charge in [-0.2, -0.15) is 0 Å². The van der Waals surface area contributed by atoms with Crippen LogP contribution in [0.2, 0.25) is 0 Å². The van der Waals surface area contributed by atoms with Crippen LogP contribution < -0.4 is 14.8 Å². The van der Waals surface area contributed by atoms with E-state index in [1.54, 1.807) is 12.1 Å². The molecule has 2 aromatic carbocycles. The van der Waals surface area contributed by atoms with E-state index in [2.05, 4.69) is 10.0 Å².